The van der Waals surface area contributed by atoms with Crippen LogP contribution in [-0.4, -0.2) is 169 Å². The summed E-state index contributed by atoms with van der Waals surface area (Å²) >= 11 is 0. The zero-order chi connectivity index (χ0) is 52.1. The van der Waals surface area contributed by atoms with Crippen molar-refractivity contribution < 1.29 is 67.8 Å². The maximum atomic E-state index is 14.8. The molecule has 71 heavy (non-hydrogen) atoms. The van der Waals surface area contributed by atoms with Gasteiger partial charge >= 0.3 is 0 Å². The van der Waals surface area contributed by atoms with Crippen molar-refractivity contribution in [2.24, 2.45) is 29.4 Å². The number of nitrogens with one attached hydrogen (secondary N) is 7. The Balaban J connectivity index is 1.69. The third-order valence-electron chi connectivity index (χ3n) is 13.6. The summed E-state index contributed by atoms with van der Waals surface area (Å²) in [6, 6.07) is -1.94. The maximum absolute atomic E-state index is 14.8. The van der Waals surface area contributed by atoms with Crippen molar-refractivity contribution in [1.82, 2.24) is 41.8 Å². The van der Waals surface area contributed by atoms with E-state index in [4.69, 9.17) is 5.73 Å². The van der Waals surface area contributed by atoms with E-state index in [1.54, 1.807) is 13.8 Å². The number of ketones is 2. The van der Waals surface area contributed by atoms with Gasteiger partial charge in [-0.3, -0.25) is 47.4 Å². The zero-order valence-electron chi connectivity index (χ0n) is 40.3. The summed E-state index contributed by atoms with van der Waals surface area (Å²) in [7, 11) is -2.32. The molecule has 1 saturated heterocycles. The molecule has 0 aliphatic carbocycles. The predicted molar refractivity (Wildman–Crippen MR) is 256 cm³/mol. The first kappa shape index (κ1) is 56.1. The second-order valence-electron chi connectivity index (χ2n) is 18.8. The third kappa shape index (κ3) is 14.9. The molecule has 1 fully saturated rings. The van der Waals surface area contributed by atoms with Gasteiger partial charge in [-0.25, -0.2) is 0 Å². The van der Waals surface area contributed by atoms with E-state index >= 15 is 0 Å². The predicted octanol–water partition coefficient (Wildman–Crippen LogP) is -2.59. The molecule has 11 atom stereocenters. The molecule has 1 aromatic heterocycles. The molecule has 2 unspecified atom stereocenters. The highest BCUT2D eigenvalue weighted by Gasteiger charge is 2.45. The van der Waals surface area contributed by atoms with Crippen molar-refractivity contribution in [3.8, 4) is 5.75 Å². The van der Waals surface area contributed by atoms with E-state index < -0.39 is 181 Å². The highest BCUT2D eigenvalue weighted by atomic mass is 32.2. The fraction of sp³-hybridized carbons (Fsp3) is 0.638. The number of phenolic OH excluding ortho intramolecular Hbond substituents is 1. The molecular weight excluding hydrogens is 947 g/mol. The van der Waals surface area contributed by atoms with Crippen LogP contribution in [0.25, 0.3) is 10.9 Å². The van der Waals surface area contributed by atoms with Crippen LogP contribution in [0.3, 0.4) is 0 Å². The molecule has 7 amide bonds. The minimum atomic E-state index is -2.32. The fourth-order valence-corrected chi connectivity index (χ4v) is 10.6. The van der Waals surface area contributed by atoms with Gasteiger partial charge in [-0.1, -0.05) is 40.0 Å². The van der Waals surface area contributed by atoms with E-state index in [0.29, 0.717) is 24.8 Å². The molecular formula is C47H69N9O14S. The van der Waals surface area contributed by atoms with Gasteiger partial charge in [0.2, 0.25) is 41.4 Å². The average Bonchev–Trinajstić information content (AvgIpc) is 3.91. The van der Waals surface area contributed by atoms with Gasteiger partial charge in [-0.2, -0.15) is 0 Å². The summed E-state index contributed by atoms with van der Waals surface area (Å²) in [5, 5.41) is 57.9. The standard InChI is InChI=1S/C47H69N9O14S/c1-4-24(2)41-45(68)51-19-39(64)52-33-23-71(70)46-31(30-10-9-28(58)17-32(30)53-46)13-26(43(66)50-20-40(65)54-41)14-36(61)42(25(3)37(62)22-57)55-44(67)34-18-29(59)21-56(34)47(69)27(15-35(33)60)16-38(63)49-12-8-6-5-7-11-48/h9-10,17,24-27,29,33-34,37,41-42,53,57-59,62H,4-8,11-16,18-23,48H2,1-3H3,(H,49,63)(H,50,66)(H,51,68)(H,52,64)(H,54,65)(H,55,67)/t24-,25-,26-,27-,29?,33?,34-,37-,41-,42-,71+/m0/s1. The number of aromatic amines is 1. The number of phenols is 1. The Kier molecular flexibility index (Phi) is 20.6. The number of amides is 7. The number of unbranched alkanes of at least 4 members (excludes halogenated alkanes) is 3. The number of carbonyl (C=O) groups excluding carboxylic acids is 9. The van der Waals surface area contributed by atoms with Crippen molar-refractivity contribution in [3.63, 3.8) is 0 Å². The van der Waals surface area contributed by atoms with Gasteiger partial charge in [-0.05, 0) is 49.4 Å². The molecule has 2 bridgehead atoms. The van der Waals surface area contributed by atoms with Crippen LogP contribution in [0.15, 0.2) is 23.2 Å². The van der Waals surface area contributed by atoms with Crippen molar-refractivity contribution in [3.05, 3.63) is 23.8 Å². The summed E-state index contributed by atoms with van der Waals surface area (Å²) in [5.41, 5.74) is 5.99. The quantitative estimate of drug-likeness (QED) is 0.0917. The summed E-state index contributed by atoms with van der Waals surface area (Å²) < 4.78 is 14.8. The summed E-state index contributed by atoms with van der Waals surface area (Å²) in [4.78, 5) is 131. The summed E-state index contributed by atoms with van der Waals surface area (Å²) in [6.45, 7) is 2.80. The van der Waals surface area contributed by atoms with Crippen molar-refractivity contribution >= 4 is 74.6 Å². The number of rotatable bonds is 13. The Morgan fingerprint density at radius 1 is 0.887 bits per heavy atom. The van der Waals surface area contributed by atoms with Crippen LogP contribution in [0.1, 0.15) is 84.1 Å². The maximum Gasteiger partial charge on any atom is 0.243 e. The number of aliphatic hydroxyl groups is 3. The number of aromatic hydroxyl groups is 1. The van der Waals surface area contributed by atoms with Crippen molar-refractivity contribution in [2.45, 2.75) is 126 Å². The Labute approximate surface area is 413 Å². The van der Waals surface area contributed by atoms with Gasteiger partial charge in [0.05, 0.1) is 72.0 Å². The van der Waals surface area contributed by atoms with Gasteiger partial charge in [0.15, 0.2) is 11.6 Å². The fourth-order valence-electron chi connectivity index (χ4n) is 9.16. The van der Waals surface area contributed by atoms with E-state index in [-0.39, 0.29) is 34.8 Å². The molecule has 4 heterocycles. The van der Waals surface area contributed by atoms with E-state index in [9.17, 15) is 67.8 Å². The number of Topliss-reactive ketones (excluding diaryl/α,β-unsaturated/α-hetero) is 2. The van der Waals surface area contributed by atoms with Gasteiger partial charge in [-0.15, -0.1) is 0 Å². The summed E-state index contributed by atoms with van der Waals surface area (Å²) in [5.74, 6) is -13.2. The molecule has 5 rings (SSSR count). The highest BCUT2D eigenvalue weighted by Crippen LogP contribution is 2.32. The molecule has 0 spiro atoms. The van der Waals surface area contributed by atoms with Gasteiger partial charge in [0.1, 0.15) is 22.9 Å². The first-order chi connectivity index (χ1) is 33.8. The van der Waals surface area contributed by atoms with Crippen LogP contribution in [0.5, 0.6) is 5.75 Å². The van der Waals surface area contributed by atoms with Crippen LogP contribution in [0.4, 0.5) is 0 Å². The van der Waals surface area contributed by atoms with E-state index in [0.717, 1.165) is 24.2 Å². The highest BCUT2D eigenvalue weighted by molar-refractivity contribution is 7.85. The smallest absolute Gasteiger partial charge is 0.243 e. The average molecular weight is 1020 g/mol. The van der Waals surface area contributed by atoms with E-state index in [1.807, 2.05) is 0 Å². The molecule has 23 nitrogen and oxygen atoms in total. The lowest BCUT2D eigenvalue weighted by atomic mass is 9.85. The van der Waals surface area contributed by atoms with Gasteiger partial charge in [0.25, 0.3) is 0 Å². The second kappa shape index (κ2) is 26.0. The number of carbonyl (C=O) groups is 9. The molecule has 3 aliphatic heterocycles. The lowest BCUT2D eigenvalue weighted by molar-refractivity contribution is -0.145. The molecule has 3 aliphatic rings. The number of fused-ring (bicyclic) bond motifs is 5. The van der Waals surface area contributed by atoms with E-state index in [1.165, 1.54) is 25.1 Å². The van der Waals surface area contributed by atoms with Crippen LogP contribution >= 0.6 is 0 Å². The SMILES string of the molecule is CC[C@H](C)[C@@H]1NC(=O)CNC(=O)[C@@H]2CC(=O)[C@H]([C@@H](C)[C@@H](O)CO)NC(=O)[C@@H]3CC(O)CN3C(=O)[C@H](CC(=O)NCCCCCCN)CC(=O)C(C[S@@](=O)c3[nH]c4cc(O)ccc4c3C2)NC(=O)CNC1=O. The Morgan fingerprint density at radius 2 is 1.58 bits per heavy atom. The number of nitrogens with two attached hydrogens (primary N) is 1. The lowest BCUT2D eigenvalue weighted by Gasteiger charge is -2.32. The Morgan fingerprint density at radius 3 is 2.27 bits per heavy atom. The number of aliphatic hydroxyl groups excluding tert-OH is 3. The molecule has 0 saturated carbocycles. The van der Waals surface area contributed by atoms with Crippen LogP contribution in [-0.2, 0) is 60.4 Å². The molecule has 1 aromatic carbocycles. The minimum absolute atomic E-state index is 0.0890. The topological polar surface area (TPSA) is 369 Å². The molecule has 24 heteroatoms. The number of nitrogens with zero attached hydrogens (tertiary/aromatic N) is 1. The summed E-state index contributed by atoms with van der Waals surface area (Å²) in [6.07, 6.45) is -2.41. The molecule has 13 N–H and O–H groups in total. The Bertz CT molecular complexity index is 2330. The second-order valence-corrected chi connectivity index (χ2v) is 20.3. The zero-order valence-corrected chi connectivity index (χ0v) is 41.1. The minimum Gasteiger partial charge on any atom is -0.508 e. The first-order valence-corrected chi connectivity index (χ1v) is 25.5. The number of hydrogen-bond donors (Lipinski definition) is 12. The van der Waals surface area contributed by atoms with Crippen molar-refractivity contribution in [1.29, 1.82) is 0 Å². The largest absolute Gasteiger partial charge is 0.508 e. The molecule has 392 valence electrons. The lowest BCUT2D eigenvalue weighted by Crippen LogP contribution is -2.56. The Hall–Kier alpha value is -5.82. The van der Waals surface area contributed by atoms with Gasteiger partial charge < -0.3 is 67.9 Å². The number of hydrogen-bond acceptors (Lipinski definition) is 15. The normalized spacial score (nSPS) is 27.1. The molecule has 2 aromatic rings. The van der Waals surface area contributed by atoms with Crippen LogP contribution < -0.4 is 37.6 Å². The monoisotopic (exact) mass is 1020 g/mol. The van der Waals surface area contributed by atoms with Crippen LogP contribution in [0, 0.1) is 23.7 Å². The van der Waals surface area contributed by atoms with E-state index in [2.05, 4.69) is 36.9 Å². The number of aromatic nitrogens is 1. The molecule has 0 radical (unpaired) electrons. The number of benzene rings is 1. The first-order valence-electron chi connectivity index (χ1n) is 24.2. The van der Waals surface area contributed by atoms with Crippen molar-refractivity contribution in [2.75, 3.05) is 45.1 Å². The van der Waals surface area contributed by atoms with Gasteiger partial charge in [0, 0.05) is 62.1 Å². The van der Waals surface area contributed by atoms with Crippen LogP contribution in [0.2, 0.25) is 0 Å². The third-order valence-corrected chi connectivity index (χ3v) is 15.0. The number of H-pyrrole nitrogens is 1.